The van der Waals surface area contributed by atoms with Crippen molar-refractivity contribution in [3.63, 3.8) is 0 Å². The van der Waals surface area contributed by atoms with E-state index < -0.39 is 0 Å². The van der Waals surface area contributed by atoms with E-state index in [4.69, 9.17) is 4.74 Å². The third-order valence-electron chi connectivity index (χ3n) is 2.24. The van der Waals surface area contributed by atoms with Crippen LogP contribution in [0.1, 0.15) is 23.7 Å². The van der Waals surface area contributed by atoms with Crippen molar-refractivity contribution < 1.29 is 9.84 Å². The number of pyridine rings is 1. The van der Waals surface area contributed by atoms with Crippen LogP contribution in [0.3, 0.4) is 0 Å². The lowest BCUT2D eigenvalue weighted by Crippen LogP contribution is -2.09. The zero-order valence-corrected chi connectivity index (χ0v) is 9.16. The Morgan fingerprint density at radius 2 is 2.14 bits per heavy atom. The van der Waals surface area contributed by atoms with Gasteiger partial charge in [0, 0.05) is 29.4 Å². The third kappa shape index (κ3) is 2.23. The monoisotopic (exact) mass is 195 g/mol. The van der Waals surface area contributed by atoms with Crippen molar-refractivity contribution in [3.05, 3.63) is 23.0 Å². The van der Waals surface area contributed by atoms with Crippen LogP contribution >= 0.6 is 0 Å². The predicted octanol–water partition coefficient (Wildman–Crippen LogP) is 1.63. The zero-order valence-electron chi connectivity index (χ0n) is 9.16. The minimum atomic E-state index is -0.367. The van der Waals surface area contributed by atoms with Gasteiger partial charge in [-0.25, -0.2) is 0 Å². The Morgan fingerprint density at radius 3 is 2.64 bits per heavy atom. The molecule has 0 bridgehead atoms. The summed E-state index contributed by atoms with van der Waals surface area (Å²) in [6.45, 7) is 5.69. The molecule has 14 heavy (non-hydrogen) atoms. The first-order valence-corrected chi connectivity index (χ1v) is 4.73. The Bertz CT molecular complexity index is 321. The van der Waals surface area contributed by atoms with Crippen LogP contribution in [0.5, 0.6) is 5.75 Å². The van der Waals surface area contributed by atoms with Crippen LogP contribution in [0.4, 0.5) is 0 Å². The molecule has 78 valence electrons. The number of ether oxygens (including phenoxy) is 1. The molecule has 0 aliphatic heterocycles. The van der Waals surface area contributed by atoms with Gasteiger partial charge in [0.05, 0.1) is 13.2 Å². The Balaban J connectivity index is 3.08. The van der Waals surface area contributed by atoms with Crippen molar-refractivity contribution in [2.75, 3.05) is 7.11 Å². The molecule has 0 aliphatic carbocycles. The Hall–Kier alpha value is -1.09. The third-order valence-corrected chi connectivity index (χ3v) is 2.24. The summed E-state index contributed by atoms with van der Waals surface area (Å²) >= 11 is 0. The van der Waals surface area contributed by atoms with Gasteiger partial charge in [0.1, 0.15) is 5.75 Å². The van der Waals surface area contributed by atoms with Gasteiger partial charge in [-0.05, 0) is 20.8 Å². The van der Waals surface area contributed by atoms with Crippen LogP contribution in [0.25, 0.3) is 0 Å². The number of nitrogens with zero attached hydrogens (tertiary/aromatic N) is 1. The molecule has 1 rings (SSSR count). The van der Waals surface area contributed by atoms with Crippen LogP contribution in [0.2, 0.25) is 0 Å². The second-order valence-electron chi connectivity index (χ2n) is 3.60. The first-order valence-electron chi connectivity index (χ1n) is 4.73. The molecule has 0 fully saturated rings. The van der Waals surface area contributed by atoms with Crippen molar-refractivity contribution in [2.45, 2.75) is 33.3 Å². The Morgan fingerprint density at radius 1 is 1.50 bits per heavy atom. The minimum absolute atomic E-state index is 0.367. The SMILES string of the molecule is COc1c(C)cnc(CC(C)O)c1C. The number of aryl methyl sites for hydroxylation is 1. The van der Waals surface area contributed by atoms with Crippen molar-refractivity contribution in [1.29, 1.82) is 0 Å². The molecule has 1 aromatic heterocycles. The summed E-state index contributed by atoms with van der Waals surface area (Å²) in [5, 5.41) is 9.28. The summed E-state index contributed by atoms with van der Waals surface area (Å²) in [5.41, 5.74) is 2.95. The Labute approximate surface area is 84.7 Å². The molecular weight excluding hydrogens is 178 g/mol. The lowest BCUT2D eigenvalue weighted by atomic mass is 10.1. The summed E-state index contributed by atoms with van der Waals surface area (Å²) in [5.74, 6) is 0.871. The normalized spacial score (nSPS) is 12.6. The molecule has 0 saturated heterocycles. The van der Waals surface area contributed by atoms with E-state index in [2.05, 4.69) is 4.98 Å². The van der Waals surface area contributed by atoms with Crippen LogP contribution in [0.15, 0.2) is 6.20 Å². The van der Waals surface area contributed by atoms with Crippen molar-refractivity contribution in [3.8, 4) is 5.75 Å². The molecule has 0 amide bonds. The van der Waals surface area contributed by atoms with E-state index >= 15 is 0 Å². The molecule has 1 heterocycles. The van der Waals surface area contributed by atoms with E-state index in [0.717, 1.165) is 22.6 Å². The standard InChI is InChI=1S/C11H17NO2/c1-7-6-12-10(5-8(2)13)9(3)11(7)14-4/h6,8,13H,5H2,1-4H3. The largest absolute Gasteiger partial charge is 0.496 e. The fourth-order valence-corrected chi connectivity index (χ4v) is 1.56. The fourth-order valence-electron chi connectivity index (χ4n) is 1.56. The average Bonchev–Trinajstić information content (AvgIpc) is 2.10. The fraction of sp³-hybridized carbons (Fsp3) is 0.545. The minimum Gasteiger partial charge on any atom is -0.496 e. The maximum Gasteiger partial charge on any atom is 0.128 e. The molecule has 0 aliphatic rings. The molecule has 3 heteroatoms. The van der Waals surface area contributed by atoms with Crippen molar-refractivity contribution >= 4 is 0 Å². The summed E-state index contributed by atoms with van der Waals surface area (Å²) in [7, 11) is 1.65. The second kappa shape index (κ2) is 4.42. The number of aromatic nitrogens is 1. The number of hydrogen-bond acceptors (Lipinski definition) is 3. The topological polar surface area (TPSA) is 42.4 Å². The number of hydrogen-bond donors (Lipinski definition) is 1. The maximum atomic E-state index is 9.28. The van der Waals surface area contributed by atoms with Gasteiger partial charge in [0.25, 0.3) is 0 Å². The van der Waals surface area contributed by atoms with Crippen LogP contribution in [-0.4, -0.2) is 23.3 Å². The smallest absolute Gasteiger partial charge is 0.128 e. The van der Waals surface area contributed by atoms with E-state index in [1.165, 1.54) is 0 Å². The van der Waals surface area contributed by atoms with Crippen molar-refractivity contribution in [1.82, 2.24) is 4.98 Å². The molecule has 1 N–H and O–H groups in total. The quantitative estimate of drug-likeness (QED) is 0.797. The molecule has 0 saturated carbocycles. The van der Waals surface area contributed by atoms with E-state index in [1.54, 1.807) is 20.2 Å². The highest BCUT2D eigenvalue weighted by atomic mass is 16.5. The number of aliphatic hydroxyl groups excluding tert-OH is 1. The van der Waals surface area contributed by atoms with Gasteiger partial charge < -0.3 is 9.84 Å². The van der Waals surface area contributed by atoms with E-state index in [0.29, 0.717) is 6.42 Å². The highest BCUT2D eigenvalue weighted by Crippen LogP contribution is 2.24. The van der Waals surface area contributed by atoms with Gasteiger partial charge in [-0.15, -0.1) is 0 Å². The number of methoxy groups -OCH3 is 1. The van der Waals surface area contributed by atoms with Gasteiger partial charge in [-0.1, -0.05) is 0 Å². The molecule has 0 spiro atoms. The van der Waals surface area contributed by atoms with E-state index in [1.807, 2.05) is 13.8 Å². The van der Waals surface area contributed by atoms with E-state index in [9.17, 15) is 5.11 Å². The Kier molecular flexibility index (Phi) is 3.47. The van der Waals surface area contributed by atoms with E-state index in [-0.39, 0.29) is 6.10 Å². The molecule has 0 radical (unpaired) electrons. The molecular formula is C11H17NO2. The first-order chi connectivity index (χ1) is 6.56. The predicted molar refractivity (Wildman–Crippen MR) is 55.6 cm³/mol. The summed E-state index contributed by atoms with van der Waals surface area (Å²) < 4.78 is 5.28. The van der Waals surface area contributed by atoms with Gasteiger partial charge in [0.15, 0.2) is 0 Å². The molecule has 1 aromatic rings. The zero-order chi connectivity index (χ0) is 10.7. The number of aliphatic hydroxyl groups is 1. The molecule has 1 unspecified atom stereocenters. The van der Waals surface area contributed by atoms with Gasteiger partial charge in [-0.3, -0.25) is 4.98 Å². The lowest BCUT2D eigenvalue weighted by Gasteiger charge is -2.12. The second-order valence-corrected chi connectivity index (χ2v) is 3.60. The highest BCUT2D eigenvalue weighted by Gasteiger charge is 2.10. The van der Waals surface area contributed by atoms with Crippen LogP contribution in [-0.2, 0) is 6.42 Å². The highest BCUT2D eigenvalue weighted by molar-refractivity contribution is 5.41. The first kappa shape index (κ1) is 11.0. The van der Waals surface area contributed by atoms with Crippen LogP contribution < -0.4 is 4.74 Å². The summed E-state index contributed by atoms with van der Waals surface area (Å²) in [6, 6.07) is 0. The van der Waals surface area contributed by atoms with Gasteiger partial charge >= 0.3 is 0 Å². The summed E-state index contributed by atoms with van der Waals surface area (Å²) in [4.78, 5) is 4.29. The maximum absolute atomic E-state index is 9.28. The lowest BCUT2D eigenvalue weighted by molar-refractivity contribution is 0.194. The molecule has 3 nitrogen and oxygen atoms in total. The van der Waals surface area contributed by atoms with Gasteiger partial charge in [0.2, 0.25) is 0 Å². The van der Waals surface area contributed by atoms with Gasteiger partial charge in [-0.2, -0.15) is 0 Å². The summed E-state index contributed by atoms with van der Waals surface area (Å²) in [6.07, 6.45) is 1.99. The molecule has 1 atom stereocenters. The van der Waals surface area contributed by atoms with Crippen molar-refractivity contribution in [2.24, 2.45) is 0 Å². The molecule has 0 aromatic carbocycles. The average molecular weight is 195 g/mol. The van der Waals surface area contributed by atoms with Crippen LogP contribution in [0, 0.1) is 13.8 Å². The number of rotatable bonds is 3.